The van der Waals surface area contributed by atoms with Crippen LogP contribution in [0.2, 0.25) is 0 Å². The summed E-state index contributed by atoms with van der Waals surface area (Å²) in [6.07, 6.45) is 0. The van der Waals surface area contributed by atoms with Gasteiger partial charge in [0.15, 0.2) is 12.2 Å². The van der Waals surface area contributed by atoms with Crippen LogP contribution in [0.1, 0.15) is 26.7 Å². The Labute approximate surface area is 162 Å². The summed E-state index contributed by atoms with van der Waals surface area (Å²) in [4.78, 5) is 15.9. The van der Waals surface area contributed by atoms with E-state index < -0.39 is 10.0 Å². The molecule has 0 fully saturated rings. The number of hydrogen-bond donors (Lipinski definition) is 2. The minimum atomic E-state index is -3.87. The Bertz CT molecular complexity index is 1190. The number of benzene rings is 2. The molecule has 0 saturated carbocycles. The van der Waals surface area contributed by atoms with Gasteiger partial charge in [-0.3, -0.25) is 9.52 Å². The van der Waals surface area contributed by atoms with Gasteiger partial charge < -0.3 is 14.5 Å². The Morgan fingerprint density at radius 1 is 1.14 bits per heavy atom. The van der Waals surface area contributed by atoms with E-state index in [9.17, 15) is 13.2 Å². The standard InChI is InChI=1S/C19H19N3O5S/c1-19(2,3)18-21-13-8-11(4-6-16(13)27-18)22-28(24,25)12-5-7-15-14(9-12)20-17(23)10-26-15/h4-9,22H,10H2,1-3H3,(H,20,23). The number of oxazole rings is 1. The molecule has 0 radical (unpaired) electrons. The Hall–Kier alpha value is -3.07. The molecule has 0 spiro atoms. The van der Waals surface area contributed by atoms with E-state index in [0.29, 0.717) is 34.1 Å². The summed E-state index contributed by atoms with van der Waals surface area (Å²) in [6.45, 7) is 5.87. The van der Waals surface area contributed by atoms with Crippen molar-refractivity contribution < 1.29 is 22.4 Å². The van der Waals surface area contributed by atoms with E-state index in [1.165, 1.54) is 18.2 Å². The first-order valence-corrected chi connectivity index (χ1v) is 10.1. The van der Waals surface area contributed by atoms with Crippen LogP contribution in [0.15, 0.2) is 45.7 Å². The third kappa shape index (κ3) is 3.40. The van der Waals surface area contributed by atoms with Crippen molar-refractivity contribution in [3.8, 4) is 5.75 Å². The lowest BCUT2D eigenvalue weighted by molar-refractivity contribution is -0.118. The first-order chi connectivity index (χ1) is 13.1. The third-order valence-electron chi connectivity index (χ3n) is 4.18. The van der Waals surface area contributed by atoms with Crippen molar-refractivity contribution in [2.24, 2.45) is 0 Å². The fraction of sp³-hybridized carbons (Fsp3) is 0.263. The average molecular weight is 401 g/mol. The van der Waals surface area contributed by atoms with Crippen LogP contribution in [0.25, 0.3) is 11.1 Å². The lowest BCUT2D eigenvalue weighted by atomic mass is 9.97. The number of rotatable bonds is 3. The van der Waals surface area contributed by atoms with Crippen LogP contribution in [-0.4, -0.2) is 25.9 Å². The summed E-state index contributed by atoms with van der Waals surface area (Å²) >= 11 is 0. The van der Waals surface area contributed by atoms with Gasteiger partial charge in [0.05, 0.1) is 16.3 Å². The van der Waals surface area contributed by atoms with Crippen LogP contribution < -0.4 is 14.8 Å². The van der Waals surface area contributed by atoms with E-state index >= 15 is 0 Å². The summed E-state index contributed by atoms with van der Waals surface area (Å²) in [5, 5.41) is 2.60. The topological polar surface area (TPSA) is 111 Å². The van der Waals surface area contributed by atoms with E-state index in [0.717, 1.165) is 0 Å². The number of amides is 1. The third-order valence-corrected chi connectivity index (χ3v) is 5.55. The van der Waals surface area contributed by atoms with Crippen LogP contribution in [0.4, 0.5) is 11.4 Å². The largest absolute Gasteiger partial charge is 0.482 e. The number of aromatic nitrogens is 1. The molecule has 4 rings (SSSR count). The average Bonchev–Trinajstić information content (AvgIpc) is 3.04. The molecule has 0 unspecified atom stereocenters. The van der Waals surface area contributed by atoms with Crippen molar-refractivity contribution in [2.75, 3.05) is 16.6 Å². The molecule has 28 heavy (non-hydrogen) atoms. The number of carbonyl (C=O) groups is 1. The summed E-state index contributed by atoms with van der Waals surface area (Å²) in [5.74, 6) is 0.673. The normalized spacial score (nSPS) is 14.3. The lowest BCUT2D eigenvalue weighted by Crippen LogP contribution is -2.25. The van der Waals surface area contributed by atoms with Crippen LogP contribution in [0, 0.1) is 0 Å². The summed E-state index contributed by atoms with van der Waals surface area (Å²) in [6, 6.07) is 9.21. The van der Waals surface area contributed by atoms with Crippen molar-refractivity contribution in [1.82, 2.24) is 4.98 Å². The first-order valence-electron chi connectivity index (χ1n) is 8.62. The van der Waals surface area contributed by atoms with Gasteiger partial charge in [0.25, 0.3) is 15.9 Å². The SMILES string of the molecule is CC(C)(C)c1nc2cc(NS(=O)(=O)c3ccc4c(c3)NC(=O)CO4)ccc2o1. The molecule has 3 aromatic rings. The molecule has 2 heterocycles. The number of fused-ring (bicyclic) bond motifs is 2. The molecule has 0 saturated heterocycles. The number of anilines is 2. The molecule has 0 bridgehead atoms. The van der Waals surface area contributed by atoms with Crippen molar-refractivity contribution >= 4 is 38.4 Å². The molecule has 1 aliphatic rings. The fourth-order valence-electron chi connectivity index (χ4n) is 2.76. The van der Waals surface area contributed by atoms with Crippen LogP contribution >= 0.6 is 0 Å². The number of nitrogens with one attached hydrogen (secondary N) is 2. The fourth-order valence-corrected chi connectivity index (χ4v) is 3.83. The molecule has 146 valence electrons. The van der Waals surface area contributed by atoms with E-state index in [1.54, 1.807) is 18.2 Å². The van der Waals surface area contributed by atoms with Crippen molar-refractivity contribution in [1.29, 1.82) is 0 Å². The van der Waals surface area contributed by atoms with Crippen LogP contribution in [0.5, 0.6) is 5.75 Å². The maximum absolute atomic E-state index is 12.8. The highest BCUT2D eigenvalue weighted by Crippen LogP contribution is 2.31. The second-order valence-electron chi connectivity index (χ2n) is 7.55. The van der Waals surface area contributed by atoms with Gasteiger partial charge in [-0.15, -0.1) is 0 Å². The van der Waals surface area contributed by atoms with Crippen molar-refractivity contribution in [3.63, 3.8) is 0 Å². The second-order valence-corrected chi connectivity index (χ2v) is 9.23. The number of carbonyl (C=O) groups excluding carboxylic acids is 1. The minimum absolute atomic E-state index is 0.00711. The molecule has 9 heteroatoms. The second kappa shape index (κ2) is 6.23. The highest BCUT2D eigenvalue weighted by atomic mass is 32.2. The number of nitrogens with zero attached hydrogens (tertiary/aromatic N) is 1. The Kier molecular flexibility index (Phi) is 4.07. The number of ether oxygens (including phenoxy) is 1. The molecular formula is C19H19N3O5S. The predicted molar refractivity (Wildman–Crippen MR) is 104 cm³/mol. The van der Waals surface area contributed by atoms with Gasteiger partial charge in [-0.05, 0) is 36.4 Å². The lowest BCUT2D eigenvalue weighted by Gasteiger charge is -2.18. The molecule has 2 N–H and O–H groups in total. The van der Waals surface area contributed by atoms with Gasteiger partial charge in [-0.2, -0.15) is 0 Å². The van der Waals surface area contributed by atoms with Crippen LogP contribution in [0.3, 0.4) is 0 Å². The predicted octanol–water partition coefficient (Wildman–Crippen LogP) is 3.26. The maximum atomic E-state index is 12.8. The van der Waals surface area contributed by atoms with Crippen molar-refractivity contribution in [2.45, 2.75) is 31.1 Å². The molecule has 1 aromatic heterocycles. The zero-order valence-electron chi connectivity index (χ0n) is 15.6. The highest BCUT2D eigenvalue weighted by Gasteiger charge is 2.23. The summed E-state index contributed by atoms with van der Waals surface area (Å²) < 4.78 is 39.0. The zero-order chi connectivity index (χ0) is 20.1. The molecule has 1 aliphatic heterocycles. The summed E-state index contributed by atoms with van der Waals surface area (Å²) in [7, 11) is -3.87. The van der Waals surface area contributed by atoms with Gasteiger partial charge in [0, 0.05) is 5.41 Å². The Morgan fingerprint density at radius 3 is 2.68 bits per heavy atom. The first kappa shape index (κ1) is 18.3. The number of sulfonamides is 1. The quantitative estimate of drug-likeness (QED) is 0.697. The van der Waals surface area contributed by atoms with Gasteiger partial charge >= 0.3 is 0 Å². The van der Waals surface area contributed by atoms with Gasteiger partial charge in [0.2, 0.25) is 5.89 Å². The Balaban J connectivity index is 1.64. The van der Waals surface area contributed by atoms with Crippen LogP contribution in [-0.2, 0) is 20.2 Å². The molecule has 0 atom stereocenters. The van der Waals surface area contributed by atoms with Gasteiger partial charge in [-0.1, -0.05) is 20.8 Å². The molecule has 0 aliphatic carbocycles. The molecule has 1 amide bonds. The summed E-state index contributed by atoms with van der Waals surface area (Å²) in [5.41, 5.74) is 1.58. The number of hydrogen-bond acceptors (Lipinski definition) is 6. The van der Waals surface area contributed by atoms with Crippen molar-refractivity contribution in [3.05, 3.63) is 42.3 Å². The Morgan fingerprint density at radius 2 is 1.93 bits per heavy atom. The smallest absolute Gasteiger partial charge is 0.262 e. The maximum Gasteiger partial charge on any atom is 0.262 e. The van der Waals surface area contributed by atoms with Gasteiger partial charge in [0.1, 0.15) is 11.3 Å². The monoisotopic (exact) mass is 401 g/mol. The zero-order valence-corrected chi connectivity index (χ0v) is 16.4. The van der Waals surface area contributed by atoms with Gasteiger partial charge in [-0.25, -0.2) is 13.4 Å². The van der Waals surface area contributed by atoms with E-state index in [4.69, 9.17) is 9.15 Å². The molecule has 2 aromatic carbocycles. The van der Waals surface area contributed by atoms with E-state index in [2.05, 4.69) is 15.0 Å². The van der Waals surface area contributed by atoms with E-state index in [-0.39, 0.29) is 22.8 Å². The van der Waals surface area contributed by atoms with E-state index in [1.807, 2.05) is 20.8 Å². The minimum Gasteiger partial charge on any atom is -0.482 e. The molecule has 8 nitrogen and oxygen atoms in total. The highest BCUT2D eigenvalue weighted by molar-refractivity contribution is 7.92. The molecular weight excluding hydrogens is 382 g/mol.